The second-order valence-electron chi connectivity index (χ2n) is 5.25. The van der Waals surface area contributed by atoms with Crippen molar-refractivity contribution >= 4 is 29.9 Å². The molecule has 1 atom stereocenters. The predicted molar refractivity (Wildman–Crippen MR) is 103 cm³/mol. The fourth-order valence-corrected chi connectivity index (χ4v) is 2.24. The Morgan fingerprint density at radius 1 is 1.27 bits per heavy atom. The number of benzene rings is 1. The predicted octanol–water partition coefficient (Wildman–Crippen LogP) is 3.35. The molecule has 5 heteroatoms. The molecule has 0 fully saturated rings. The highest BCUT2D eigenvalue weighted by Crippen LogP contribution is 2.11. The Hall–Kier alpha value is -1.24. The first-order chi connectivity index (χ1) is 10.3. The lowest BCUT2D eigenvalue weighted by Gasteiger charge is -2.18. The Morgan fingerprint density at radius 3 is 2.59 bits per heavy atom. The van der Waals surface area contributed by atoms with Crippen LogP contribution in [0.25, 0.3) is 0 Å². The molecule has 0 aromatic heterocycles. The maximum Gasteiger partial charge on any atom is 0.191 e. The number of para-hydroxylation sites is 1. The molecule has 1 aliphatic carbocycles. The number of nitrogens with one attached hydrogen (secondary N) is 2. The summed E-state index contributed by atoms with van der Waals surface area (Å²) < 4.78 is 5.84. The number of ether oxygens (including phenoxy) is 1. The standard InChI is InChI=1S/C17H25N3O.HI/c1-3-18-17(20-15-9-7-8-10-15)19-13-14(2)21-16-11-5-4-6-12-16;/h4-8,11-12,14-15H,3,9-10,13H2,1-2H3,(H2,18,19,20);1H. The van der Waals surface area contributed by atoms with Crippen LogP contribution in [0.4, 0.5) is 0 Å². The van der Waals surface area contributed by atoms with Gasteiger partial charge >= 0.3 is 0 Å². The summed E-state index contributed by atoms with van der Waals surface area (Å²) in [7, 11) is 0. The summed E-state index contributed by atoms with van der Waals surface area (Å²) in [5.41, 5.74) is 0. The zero-order valence-electron chi connectivity index (χ0n) is 13.3. The molecule has 0 heterocycles. The molecule has 2 rings (SSSR count). The minimum absolute atomic E-state index is 0. The summed E-state index contributed by atoms with van der Waals surface area (Å²) in [6.45, 7) is 5.61. The van der Waals surface area contributed by atoms with Gasteiger partial charge in [-0.25, -0.2) is 4.99 Å². The molecule has 0 bridgehead atoms. The summed E-state index contributed by atoms with van der Waals surface area (Å²) in [6.07, 6.45) is 6.61. The molecule has 0 aliphatic heterocycles. The van der Waals surface area contributed by atoms with Gasteiger partial charge in [0.05, 0.1) is 6.54 Å². The molecule has 22 heavy (non-hydrogen) atoms. The molecule has 1 aromatic rings. The van der Waals surface area contributed by atoms with Crippen LogP contribution in [0.15, 0.2) is 47.5 Å². The van der Waals surface area contributed by atoms with Crippen molar-refractivity contribution in [3.05, 3.63) is 42.5 Å². The van der Waals surface area contributed by atoms with Gasteiger partial charge in [-0.2, -0.15) is 0 Å². The van der Waals surface area contributed by atoms with Crippen LogP contribution in [0.3, 0.4) is 0 Å². The van der Waals surface area contributed by atoms with Gasteiger partial charge < -0.3 is 15.4 Å². The van der Waals surface area contributed by atoms with E-state index in [-0.39, 0.29) is 30.1 Å². The van der Waals surface area contributed by atoms with E-state index >= 15 is 0 Å². The number of guanidine groups is 1. The Morgan fingerprint density at radius 2 is 1.95 bits per heavy atom. The van der Waals surface area contributed by atoms with Crippen molar-refractivity contribution in [2.45, 2.75) is 38.8 Å². The molecule has 0 saturated heterocycles. The molecule has 0 radical (unpaired) electrons. The average molecular weight is 415 g/mol. The van der Waals surface area contributed by atoms with Gasteiger partial charge in [-0.3, -0.25) is 0 Å². The molecule has 2 N–H and O–H groups in total. The number of halogens is 1. The number of hydrogen-bond donors (Lipinski definition) is 2. The van der Waals surface area contributed by atoms with Gasteiger partial charge in [0.2, 0.25) is 0 Å². The maximum atomic E-state index is 5.84. The molecule has 0 saturated carbocycles. The van der Waals surface area contributed by atoms with Crippen molar-refractivity contribution in [2.75, 3.05) is 13.1 Å². The molecule has 1 aliphatic rings. The van der Waals surface area contributed by atoms with Crippen molar-refractivity contribution < 1.29 is 4.74 Å². The van der Waals surface area contributed by atoms with E-state index in [9.17, 15) is 0 Å². The van der Waals surface area contributed by atoms with Crippen LogP contribution in [-0.4, -0.2) is 31.2 Å². The summed E-state index contributed by atoms with van der Waals surface area (Å²) in [4.78, 5) is 4.61. The van der Waals surface area contributed by atoms with E-state index in [4.69, 9.17) is 4.74 Å². The summed E-state index contributed by atoms with van der Waals surface area (Å²) in [6, 6.07) is 10.3. The van der Waals surface area contributed by atoms with Crippen LogP contribution in [0.2, 0.25) is 0 Å². The van der Waals surface area contributed by atoms with Crippen LogP contribution in [0, 0.1) is 0 Å². The van der Waals surface area contributed by atoms with Gasteiger partial charge in [-0.1, -0.05) is 30.4 Å². The van der Waals surface area contributed by atoms with Gasteiger partial charge in [0.15, 0.2) is 5.96 Å². The van der Waals surface area contributed by atoms with Crippen LogP contribution in [0.5, 0.6) is 5.75 Å². The van der Waals surface area contributed by atoms with Gasteiger partial charge in [-0.15, -0.1) is 24.0 Å². The number of nitrogens with zero attached hydrogens (tertiary/aromatic N) is 1. The Balaban J connectivity index is 0.00000242. The molecule has 1 unspecified atom stereocenters. The first-order valence-corrected chi connectivity index (χ1v) is 7.69. The van der Waals surface area contributed by atoms with E-state index in [2.05, 4.69) is 34.7 Å². The van der Waals surface area contributed by atoms with E-state index in [0.717, 1.165) is 31.1 Å². The van der Waals surface area contributed by atoms with Crippen LogP contribution in [-0.2, 0) is 0 Å². The first kappa shape index (κ1) is 18.8. The Kier molecular flexibility index (Phi) is 8.96. The van der Waals surface area contributed by atoms with E-state index in [1.54, 1.807) is 0 Å². The summed E-state index contributed by atoms with van der Waals surface area (Å²) in [5, 5.41) is 6.74. The van der Waals surface area contributed by atoms with Gasteiger partial charge in [0.25, 0.3) is 0 Å². The number of rotatable bonds is 6. The van der Waals surface area contributed by atoms with E-state index in [1.807, 2.05) is 37.3 Å². The third kappa shape index (κ3) is 6.68. The normalized spacial score (nSPS) is 16.0. The molecule has 1 aromatic carbocycles. The second-order valence-corrected chi connectivity index (χ2v) is 5.25. The molecule has 122 valence electrons. The topological polar surface area (TPSA) is 45.7 Å². The van der Waals surface area contributed by atoms with Crippen molar-refractivity contribution in [1.82, 2.24) is 10.6 Å². The maximum absolute atomic E-state index is 5.84. The van der Waals surface area contributed by atoms with Gasteiger partial charge in [-0.05, 0) is 38.8 Å². The first-order valence-electron chi connectivity index (χ1n) is 7.69. The molecular formula is C17H26IN3O. The number of aliphatic imine (C=N–C) groups is 1. The van der Waals surface area contributed by atoms with Crippen molar-refractivity contribution in [3.63, 3.8) is 0 Å². The highest BCUT2D eigenvalue weighted by atomic mass is 127. The highest BCUT2D eigenvalue weighted by molar-refractivity contribution is 14.0. The lowest BCUT2D eigenvalue weighted by Crippen LogP contribution is -2.43. The molecule has 0 spiro atoms. The van der Waals surface area contributed by atoms with Crippen LogP contribution < -0.4 is 15.4 Å². The van der Waals surface area contributed by atoms with Gasteiger partial charge in [0.1, 0.15) is 11.9 Å². The average Bonchev–Trinajstić information content (AvgIpc) is 2.99. The summed E-state index contributed by atoms with van der Waals surface area (Å²) in [5.74, 6) is 1.76. The Bertz CT molecular complexity index is 468. The minimum atomic E-state index is 0. The minimum Gasteiger partial charge on any atom is -0.489 e. The fourth-order valence-electron chi connectivity index (χ4n) is 2.24. The zero-order valence-corrected chi connectivity index (χ0v) is 15.6. The largest absolute Gasteiger partial charge is 0.489 e. The van der Waals surface area contributed by atoms with E-state index in [0.29, 0.717) is 12.6 Å². The van der Waals surface area contributed by atoms with Crippen molar-refractivity contribution in [1.29, 1.82) is 0 Å². The zero-order chi connectivity index (χ0) is 14.9. The molecule has 4 nitrogen and oxygen atoms in total. The SMILES string of the molecule is CCNC(=NCC(C)Oc1ccccc1)NC1CC=CC1.I. The lowest BCUT2D eigenvalue weighted by atomic mass is 10.2. The third-order valence-corrected chi connectivity index (χ3v) is 3.28. The highest BCUT2D eigenvalue weighted by Gasteiger charge is 2.12. The quantitative estimate of drug-likeness (QED) is 0.324. The van der Waals surface area contributed by atoms with Crippen molar-refractivity contribution in [2.24, 2.45) is 4.99 Å². The van der Waals surface area contributed by atoms with E-state index in [1.165, 1.54) is 0 Å². The monoisotopic (exact) mass is 415 g/mol. The smallest absolute Gasteiger partial charge is 0.191 e. The van der Waals surface area contributed by atoms with E-state index < -0.39 is 0 Å². The lowest BCUT2D eigenvalue weighted by molar-refractivity contribution is 0.230. The summed E-state index contributed by atoms with van der Waals surface area (Å²) >= 11 is 0. The van der Waals surface area contributed by atoms with Crippen LogP contribution in [0.1, 0.15) is 26.7 Å². The third-order valence-electron chi connectivity index (χ3n) is 3.28. The van der Waals surface area contributed by atoms with Crippen LogP contribution >= 0.6 is 24.0 Å². The number of hydrogen-bond acceptors (Lipinski definition) is 2. The Labute approximate surface area is 150 Å². The second kappa shape index (κ2) is 10.5. The van der Waals surface area contributed by atoms with Crippen molar-refractivity contribution in [3.8, 4) is 5.75 Å². The molecule has 0 amide bonds. The fraction of sp³-hybridized carbons (Fsp3) is 0.471. The van der Waals surface area contributed by atoms with Gasteiger partial charge in [0, 0.05) is 12.6 Å². The molecular weight excluding hydrogens is 389 g/mol.